The summed E-state index contributed by atoms with van der Waals surface area (Å²) in [4.78, 5) is 11.5. The summed E-state index contributed by atoms with van der Waals surface area (Å²) in [5, 5.41) is 6.13. The Hall–Kier alpha value is -1.35. The van der Waals surface area contributed by atoms with Crippen molar-refractivity contribution in [3.63, 3.8) is 0 Å². The smallest absolute Gasteiger partial charge is 0.220 e. The number of hydrogen-bond acceptors (Lipinski definition) is 2. The van der Waals surface area contributed by atoms with Crippen LogP contribution in [0.25, 0.3) is 0 Å². The van der Waals surface area contributed by atoms with Crippen LogP contribution < -0.4 is 10.6 Å². The summed E-state index contributed by atoms with van der Waals surface area (Å²) in [6.45, 7) is 3.90. The van der Waals surface area contributed by atoms with Gasteiger partial charge in [-0.25, -0.2) is 0 Å². The Labute approximate surface area is 96.2 Å². The van der Waals surface area contributed by atoms with Crippen molar-refractivity contribution < 1.29 is 4.79 Å². The van der Waals surface area contributed by atoms with Crippen LogP contribution in [0.1, 0.15) is 17.5 Å². The van der Waals surface area contributed by atoms with Crippen LogP contribution in [0.3, 0.4) is 0 Å². The molecule has 0 bridgehead atoms. The number of amides is 1. The van der Waals surface area contributed by atoms with E-state index in [0.29, 0.717) is 12.5 Å². The monoisotopic (exact) mass is 218 g/mol. The molecule has 1 aromatic rings. The van der Waals surface area contributed by atoms with Crippen molar-refractivity contribution in [3.8, 4) is 0 Å². The van der Waals surface area contributed by atoms with Crippen LogP contribution >= 0.6 is 0 Å². The topological polar surface area (TPSA) is 41.1 Å². The van der Waals surface area contributed by atoms with Crippen molar-refractivity contribution in [1.29, 1.82) is 0 Å². The number of aryl methyl sites for hydroxylation is 2. The first-order valence-electron chi connectivity index (χ1n) is 5.79. The van der Waals surface area contributed by atoms with Crippen LogP contribution in [0.4, 0.5) is 0 Å². The fourth-order valence-corrected chi connectivity index (χ4v) is 1.70. The molecule has 0 aliphatic carbocycles. The maximum atomic E-state index is 11.5. The van der Waals surface area contributed by atoms with Gasteiger partial charge in [-0.05, 0) is 18.9 Å². The highest BCUT2D eigenvalue weighted by molar-refractivity contribution is 5.76. The fraction of sp³-hybridized carbons (Fsp3) is 0.462. The molecule has 1 saturated heterocycles. The van der Waals surface area contributed by atoms with Crippen LogP contribution in [-0.4, -0.2) is 25.0 Å². The molecule has 1 fully saturated rings. The average Bonchev–Trinajstić information content (AvgIpc) is 2.23. The van der Waals surface area contributed by atoms with Crippen LogP contribution in [0.2, 0.25) is 0 Å². The lowest BCUT2D eigenvalue weighted by Gasteiger charge is -2.27. The molecule has 0 unspecified atom stereocenters. The Morgan fingerprint density at radius 1 is 1.38 bits per heavy atom. The van der Waals surface area contributed by atoms with E-state index in [-0.39, 0.29) is 5.91 Å². The molecule has 86 valence electrons. The van der Waals surface area contributed by atoms with E-state index in [1.165, 1.54) is 11.1 Å². The second kappa shape index (κ2) is 5.12. The third-order valence-electron chi connectivity index (χ3n) is 2.91. The summed E-state index contributed by atoms with van der Waals surface area (Å²) >= 11 is 0. The largest absolute Gasteiger partial charge is 0.351 e. The summed E-state index contributed by atoms with van der Waals surface area (Å²) in [6.07, 6.45) is 1.41. The van der Waals surface area contributed by atoms with Gasteiger partial charge in [0.25, 0.3) is 0 Å². The zero-order chi connectivity index (χ0) is 11.4. The lowest BCUT2D eigenvalue weighted by Crippen LogP contribution is -2.56. The summed E-state index contributed by atoms with van der Waals surface area (Å²) in [6, 6.07) is 8.71. The molecule has 0 aromatic heterocycles. The van der Waals surface area contributed by atoms with Gasteiger partial charge in [-0.1, -0.05) is 29.8 Å². The highest BCUT2D eigenvalue weighted by Gasteiger charge is 2.18. The third kappa shape index (κ3) is 3.07. The number of carbonyl (C=O) groups is 1. The predicted molar refractivity (Wildman–Crippen MR) is 64.3 cm³/mol. The standard InChI is InChI=1S/C13H18N2O/c1-10-2-4-11(5-3-10)6-7-13(16)15-12-8-14-9-12/h2-5,12,14H,6-9H2,1H3,(H,15,16). The van der Waals surface area contributed by atoms with Crippen LogP contribution in [0.5, 0.6) is 0 Å². The van der Waals surface area contributed by atoms with Crippen LogP contribution in [0.15, 0.2) is 24.3 Å². The lowest BCUT2D eigenvalue weighted by atomic mass is 10.1. The van der Waals surface area contributed by atoms with Crippen LogP contribution in [0, 0.1) is 6.92 Å². The Balaban J connectivity index is 1.73. The maximum absolute atomic E-state index is 11.5. The van der Waals surface area contributed by atoms with Gasteiger partial charge < -0.3 is 10.6 Å². The van der Waals surface area contributed by atoms with Crippen molar-refractivity contribution in [3.05, 3.63) is 35.4 Å². The molecule has 1 aromatic carbocycles. The van der Waals surface area contributed by atoms with Gasteiger partial charge in [0.05, 0.1) is 6.04 Å². The molecule has 2 N–H and O–H groups in total. The SMILES string of the molecule is Cc1ccc(CCC(=O)NC2CNC2)cc1. The molecule has 16 heavy (non-hydrogen) atoms. The van der Waals surface area contributed by atoms with Gasteiger partial charge >= 0.3 is 0 Å². The second-order valence-electron chi connectivity index (χ2n) is 4.41. The minimum Gasteiger partial charge on any atom is -0.351 e. The normalized spacial score (nSPS) is 15.6. The number of nitrogens with one attached hydrogen (secondary N) is 2. The first-order valence-corrected chi connectivity index (χ1v) is 5.79. The first-order chi connectivity index (χ1) is 7.74. The van der Waals surface area contributed by atoms with Crippen molar-refractivity contribution >= 4 is 5.91 Å². The lowest BCUT2D eigenvalue weighted by molar-refractivity contribution is -0.122. The van der Waals surface area contributed by atoms with E-state index in [2.05, 4.69) is 41.8 Å². The molecule has 2 rings (SSSR count). The van der Waals surface area contributed by atoms with Crippen molar-refractivity contribution in [2.24, 2.45) is 0 Å². The summed E-state index contributed by atoms with van der Waals surface area (Å²) in [5.41, 5.74) is 2.49. The first kappa shape index (κ1) is 11.1. The Morgan fingerprint density at radius 2 is 2.06 bits per heavy atom. The van der Waals surface area contributed by atoms with E-state index in [9.17, 15) is 4.79 Å². The molecule has 0 radical (unpaired) electrons. The van der Waals surface area contributed by atoms with Gasteiger partial charge in [0.1, 0.15) is 0 Å². The third-order valence-corrected chi connectivity index (χ3v) is 2.91. The highest BCUT2D eigenvalue weighted by atomic mass is 16.1. The number of rotatable bonds is 4. The van der Waals surface area contributed by atoms with E-state index < -0.39 is 0 Å². The molecule has 0 saturated carbocycles. The molecule has 0 atom stereocenters. The molecular weight excluding hydrogens is 200 g/mol. The molecule has 1 heterocycles. The Kier molecular flexibility index (Phi) is 3.57. The van der Waals surface area contributed by atoms with E-state index >= 15 is 0 Å². The summed E-state index contributed by atoms with van der Waals surface area (Å²) < 4.78 is 0. The quantitative estimate of drug-likeness (QED) is 0.792. The molecule has 0 spiro atoms. The van der Waals surface area contributed by atoms with Crippen LogP contribution in [-0.2, 0) is 11.2 Å². The maximum Gasteiger partial charge on any atom is 0.220 e. The number of benzene rings is 1. The molecule has 1 aliphatic heterocycles. The fourth-order valence-electron chi connectivity index (χ4n) is 1.70. The van der Waals surface area contributed by atoms with Crippen molar-refractivity contribution in [2.45, 2.75) is 25.8 Å². The van der Waals surface area contributed by atoms with Crippen molar-refractivity contribution in [2.75, 3.05) is 13.1 Å². The summed E-state index contributed by atoms with van der Waals surface area (Å²) in [5.74, 6) is 0.159. The molecular formula is C13H18N2O. The number of hydrogen-bond donors (Lipinski definition) is 2. The van der Waals surface area contributed by atoms with E-state index in [0.717, 1.165) is 19.5 Å². The molecule has 1 amide bonds. The van der Waals surface area contributed by atoms with Gasteiger partial charge in [-0.3, -0.25) is 4.79 Å². The molecule has 3 nitrogen and oxygen atoms in total. The van der Waals surface area contributed by atoms with E-state index in [1.807, 2.05) is 0 Å². The average molecular weight is 218 g/mol. The van der Waals surface area contributed by atoms with Gasteiger partial charge in [0.2, 0.25) is 5.91 Å². The minimum absolute atomic E-state index is 0.159. The van der Waals surface area contributed by atoms with E-state index in [1.54, 1.807) is 0 Å². The predicted octanol–water partition coefficient (Wildman–Crippen LogP) is 1.02. The molecule has 1 aliphatic rings. The zero-order valence-corrected chi connectivity index (χ0v) is 9.62. The van der Waals surface area contributed by atoms with E-state index in [4.69, 9.17) is 0 Å². The van der Waals surface area contributed by atoms with Gasteiger partial charge in [-0.2, -0.15) is 0 Å². The van der Waals surface area contributed by atoms with Gasteiger partial charge in [0, 0.05) is 19.5 Å². The second-order valence-corrected chi connectivity index (χ2v) is 4.41. The Bertz CT molecular complexity index is 355. The van der Waals surface area contributed by atoms with Gasteiger partial charge in [0.15, 0.2) is 0 Å². The molecule has 3 heteroatoms. The van der Waals surface area contributed by atoms with Gasteiger partial charge in [-0.15, -0.1) is 0 Å². The zero-order valence-electron chi connectivity index (χ0n) is 9.62. The minimum atomic E-state index is 0.159. The Morgan fingerprint density at radius 3 is 2.62 bits per heavy atom. The van der Waals surface area contributed by atoms with Crippen molar-refractivity contribution in [1.82, 2.24) is 10.6 Å². The summed E-state index contributed by atoms with van der Waals surface area (Å²) in [7, 11) is 0. The number of carbonyl (C=O) groups excluding carboxylic acids is 1. The highest BCUT2D eigenvalue weighted by Crippen LogP contribution is 2.06.